The van der Waals surface area contributed by atoms with E-state index in [9.17, 15) is 14.7 Å². The van der Waals surface area contributed by atoms with Crippen LogP contribution in [0.1, 0.15) is 20.8 Å². The molecule has 2 aromatic carbocycles. The van der Waals surface area contributed by atoms with Crippen LogP contribution in [0.15, 0.2) is 42.6 Å². The Morgan fingerprint density at radius 2 is 2.00 bits per heavy atom. The first-order valence-corrected chi connectivity index (χ1v) is 10.8. The molecule has 3 N–H and O–H groups in total. The summed E-state index contributed by atoms with van der Waals surface area (Å²) in [5.41, 5.74) is 6.84. The van der Waals surface area contributed by atoms with Crippen molar-refractivity contribution >= 4 is 62.7 Å². The van der Waals surface area contributed by atoms with E-state index in [4.69, 9.17) is 22.1 Å². The second-order valence-corrected chi connectivity index (χ2v) is 9.12. The lowest BCUT2D eigenvalue weighted by molar-refractivity contribution is 0.0599. The lowest BCUT2D eigenvalue weighted by Gasteiger charge is -2.26. The first-order chi connectivity index (χ1) is 15.5. The molecule has 4 rings (SSSR count). The summed E-state index contributed by atoms with van der Waals surface area (Å²) in [5, 5.41) is 13.8. The molecule has 33 heavy (non-hydrogen) atoms. The largest absolute Gasteiger partial charge is 0.463 e. The molecule has 4 aromatic rings. The van der Waals surface area contributed by atoms with Crippen LogP contribution >= 0.6 is 23.1 Å². The van der Waals surface area contributed by atoms with Crippen molar-refractivity contribution in [3.05, 3.63) is 47.6 Å². The minimum absolute atomic E-state index is 0.117. The highest BCUT2D eigenvalue weighted by molar-refractivity contribution is 7.10. The molecule has 0 bridgehead atoms. The van der Waals surface area contributed by atoms with Gasteiger partial charge in [0, 0.05) is 28.2 Å². The second-order valence-electron chi connectivity index (χ2n) is 8.01. The van der Waals surface area contributed by atoms with Gasteiger partial charge >= 0.3 is 12.2 Å². The Hall–Kier alpha value is -3.70. The molecule has 10 nitrogen and oxygen atoms in total. The molecule has 0 unspecified atom stereocenters. The fourth-order valence-corrected chi connectivity index (χ4v) is 4.06. The third kappa shape index (κ3) is 4.45. The number of aromatic nitrogens is 4. The highest BCUT2D eigenvalue weighted by Gasteiger charge is 2.30. The number of carboxylic acid groups (broad SMARTS) is 1. The Bertz CT molecular complexity index is 1380. The molecule has 0 aliphatic heterocycles. The summed E-state index contributed by atoms with van der Waals surface area (Å²) in [6.07, 6.45) is -0.653. The SMILES string of the molecule is CC(C)(C)OC(=O)N(c1nc(-c2cccc(N)c2)ns1)c1ccc2c(cnn2C(=O)O)c1Cl. The van der Waals surface area contributed by atoms with Crippen molar-refractivity contribution in [1.82, 2.24) is 19.1 Å². The van der Waals surface area contributed by atoms with E-state index in [0.29, 0.717) is 22.5 Å². The van der Waals surface area contributed by atoms with E-state index in [1.807, 2.05) is 0 Å². The Morgan fingerprint density at radius 1 is 1.24 bits per heavy atom. The fourth-order valence-electron chi connectivity index (χ4n) is 3.07. The summed E-state index contributed by atoms with van der Waals surface area (Å²) in [7, 11) is 0. The van der Waals surface area contributed by atoms with Crippen LogP contribution in [-0.4, -0.2) is 42.0 Å². The van der Waals surface area contributed by atoms with Gasteiger partial charge in [0.2, 0.25) is 5.13 Å². The minimum Gasteiger partial charge on any atom is -0.463 e. The molecule has 12 heteroatoms. The van der Waals surface area contributed by atoms with E-state index in [1.165, 1.54) is 23.2 Å². The highest BCUT2D eigenvalue weighted by atomic mass is 35.5. The number of nitrogen functional groups attached to an aromatic ring is 1. The molecule has 2 aromatic heterocycles. The number of amides is 1. The molecular weight excluding hydrogens is 468 g/mol. The number of rotatable bonds is 3. The number of fused-ring (bicyclic) bond motifs is 1. The van der Waals surface area contributed by atoms with Gasteiger partial charge < -0.3 is 15.6 Å². The number of benzene rings is 2. The third-order valence-electron chi connectivity index (χ3n) is 4.42. The Kier molecular flexibility index (Phi) is 5.68. The van der Waals surface area contributed by atoms with Gasteiger partial charge in [-0.3, -0.25) is 0 Å². The summed E-state index contributed by atoms with van der Waals surface area (Å²) < 4.78 is 10.7. The fraction of sp³-hybridized carbons (Fsp3) is 0.190. The van der Waals surface area contributed by atoms with Gasteiger partial charge in [-0.05, 0) is 45.0 Å². The quantitative estimate of drug-likeness (QED) is 0.368. The van der Waals surface area contributed by atoms with Gasteiger partial charge in [0.05, 0.1) is 22.4 Å². The number of carbonyl (C=O) groups excluding carboxylic acids is 1. The minimum atomic E-state index is -1.26. The summed E-state index contributed by atoms with van der Waals surface area (Å²) in [6.45, 7) is 5.22. The zero-order chi connectivity index (χ0) is 23.9. The number of anilines is 3. The zero-order valence-electron chi connectivity index (χ0n) is 17.8. The van der Waals surface area contributed by atoms with Gasteiger partial charge in [-0.15, -0.1) is 0 Å². The van der Waals surface area contributed by atoms with Gasteiger partial charge in [-0.1, -0.05) is 23.7 Å². The van der Waals surface area contributed by atoms with Gasteiger partial charge in [0.1, 0.15) is 5.60 Å². The summed E-state index contributed by atoms with van der Waals surface area (Å²) >= 11 is 7.59. The third-order valence-corrected chi connectivity index (χ3v) is 5.52. The highest BCUT2D eigenvalue weighted by Crippen LogP contribution is 2.39. The van der Waals surface area contributed by atoms with Crippen LogP contribution in [0.5, 0.6) is 0 Å². The monoisotopic (exact) mass is 486 g/mol. The van der Waals surface area contributed by atoms with E-state index in [1.54, 1.807) is 45.0 Å². The molecule has 0 aliphatic carbocycles. The van der Waals surface area contributed by atoms with Crippen molar-refractivity contribution in [2.24, 2.45) is 0 Å². The first-order valence-electron chi connectivity index (χ1n) is 9.67. The lowest BCUT2D eigenvalue weighted by atomic mass is 10.2. The van der Waals surface area contributed by atoms with Crippen molar-refractivity contribution in [3.8, 4) is 11.4 Å². The summed E-state index contributed by atoms with van der Waals surface area (Å²) in [5.74, 6) is 0.381. The Morgan fingerprint density at radius 3 is 2.67 bits per heavy atom. The van der Waals surface area contributed by atoms with Crippen molar-refractivity contribution in [2.45, 2.75) is 26.4 Å². The standard InChI is InChI=1S/C21H19ClN6O4S/c1-21(2,3)32-20(31)27(18-25-17(26-33-18)11-5-4-6-12(23)9-11)15-8-7-14-13(16(15)22)10-24-28(14)19(29)30/h4-10H,23H2,1-3H3,(H,29,30). The van der Waals surface area contributed by atoms with Crippen molar-refractivity contribution < 1.29 is 19.4 Å². The molecule has 0 atom stereocenters. The zero-order valence-corrected chi connectivity index (χ0v) is 19.4. The maximum atomic E-state index is 13.2. The topological polar surface area (TPSA) is 136 Å². The average molecular weight is 487 g/mol. The van der Waals surface area contributed by atoms with Crippen LogP contribution in [0.3, 0.4) is 0 Å². The van der Waals surface area contributed by atoms with E-state index < -0.39 is 17.8 Å². The van der Waals surface area contributed by atoms with Crippen molar-refractivity contribution in [3.63, 3.8) is 0 Å². The summed E-state index contributed by atoms with van der Waals surface area (Å²) in [4.78, 5) is 30.3. The maximum Gasteiger partial charge on any atom is 0.432 e. The Labute approximate surface area is 197 Å². The number of ether oxygens (including phenoxy) is 1. The second kappa shape index (κ2) is 8.34. The number of carbonyl (C=O) groups is 2. The number of halogens is 1. The Balaban J connectivity index is 1.84. The van der Waals surface area contributed by atoms with E-state index in [2.05, 4.69) is 14.5 Å². The van der Waals surface area contributed by atoms with Crippen LogP contribution in [-0.2, 0) is 4.74 Å². The first kappa shape index (κ1) is 22.5. The van der Waals surface area contributed by atoms with E-state index in [-0.39, 0.29) is 21.4 Å². The van der Waals surface area contributed by atoms with E-state index in [0.717, 1.165) is 16.2 Å². The van der Waals surface area contributed by atoms with Gasteiger partial charge in [0.15, 0.2) is 5.82 Å². The van der Waals surface area contributed by atoms with Crippen LogP contribution in [0, 0.1) is 0 Å². The molecule has 0 saturated heterocycles. The van der Waals surface area contributed by atoms with Crippen LogP contribution in [0.2, 0.25) is 5.02 Å². The number of hydrogen-bond donors (Lipinski definition) is 2. The molecule has 170 valence electrons. The normalized spacial score (nSPS) is 11.5. The maximum absolute atomic E-state index is 13.2. The predicted molar refractivity (Wildman–Crippen MR) is 126 cm³/mol. The molecule has 0 fully saturated rings. The lowest BCUT2D eigenvalue weighted by Crippen LogP contribution is -2.34. The van der Waals surface area contributed by atoms with Gasteiger partial charge in [-0.2, -0.15) is 19.1 Å². The molecule has 1 amide bonds. The molecule has 0 aliphatic rings. The van der Waals surface area contributed by atoms with Crippen LogP contribution < -0.4 is 10.6 Å². The number of hydrogen-bond acceptors (Lipinski definition) is 8. The molecule has 2 heterocycles. The van der Waals surface area contributed by atoms with E-state index >= 15 is 0 Å². The van der Waals surface area contributed by atoms with Crippen LogP contribution in [0.4, 0.5) is 26.1 Å². The predicted octanol–water partition coefficient (Wildman–Crippen LogP) is 5.39. The smallest absolute Gasteiger partial charge is 0.432 e. The van der Waals surface area contributed by atoms with Crippen molar-refractivity contribution in [2.75, 3.05) is 10.6 Å². The van der Waals surface area contributed by atoms with Crippen LogP contribution in [0.25, 0.3) is 22.3 Å². The average Bonchev–Trinajstić information content (AvgIpc) is 3.36. The molecular formula is C21H19ClN6O4S. The number of nitrogens with two attached hydrogens (primary N) is 1. The summed E-state index contributed by atoms with van der Waals surface area (Å²) in [6, 6.07) is 10.1. The molecule has 0 saturated carbocycles. The molecule has 0 radical (unpaired) electrons. The van der Waals surface area contributed by atoms with Gasteiger partial charge in [0.25, 0.3) is 0 Å². The number of nitrogens with zero attached hydrogens (tertiary/aromatic N) is 5. The molecule has 0 spiro atoms. The van der Waals surface area contributed by atoms with Crippen molar-refractivity contribution in [1.29, 1.82) is 0 Å². The van der Waals surface area contributed by atoms with Gasteiger partial charge in [-0.25, -0.2) is 14.5 Å².